The molecule has 0 saturated carbocycles. The van der Waals surface area contributed by atoms with Crippen molar-refractivity contribution in [2.75, 3.05) is 14.1 Å². The van der Waals surface area contributed by atoms with Crippen molar-refractivity contribution in [2.45, 2.75) is 44.4 Å². The Bertz CT molecular complexity index is 737. The smallest absolute Gasteiger partial charge is 0.177 e. The van der Waals surface area contributed by atoms with E-state index in [-0.39, 0.29) is 17.8 Å². The van der Waals surface area contributed by atoms with E-state index in [1.54, 1.807) is 32.0 Å². The second-order valence-electron chi connectivity index (χ2n) is 7.26. The highest BCUT2D eigenvalue weighted by Gasteiger charge is 2.41. The van der Waals surface area contributed by atoms with Gasteiger partial charge < -0.3 is 9.45 Å². The molecule has 5 nitrogen and oxygen atoms in total. The van der Waals surface area contributed by atoms with Gasteiger partial charge in [-0.05, 0) is 49.7 Å². The van der Waals surface area contributed by atoms with Gasteiger partial charge in [0, 0.05) is 43.0 Å². The van der Waals surface area contributed by atoms with Crippen LogP contribution in [0.25, 0.3) is 0 Å². The second kappa shape index (κ2) is 9.09. The van der Waals surface area contributed by atoms with Gasteiger partial charge in [-0.3, -0.25) is 4.79 Å². The van der Waals surface area contributed by atoms with Crippen LogP contribution >= 0.6 is 38.9 Å². The number of carbonyl (C=O) groups is 1. The summed E-state index contributed by atoms with van der Waals surface area (Å²) in [7, 11) is 3.48. The Balaban J connectivity index is 3.31. The molecule has 1 rings (SSSR count). The SMILES string of the molecule is CN(C)/C=C(\C#N)C(=O)CC(C)(N[S@+]([O-])C(C)(C)C)c1sc(Br)cc1Cl. The minimum Gasteiger partial charge on any atom is -0.598 e. The Morgan fingerprint density at radius 1 is 1.50 bits per heavy atom. The number of ketones is 1. The van der Waals surface area contributed by atoms with Crippen LogP contribution in [0.4, 0.5) is 0 Å². The molecule has 1 N–H and O–H groups in total. The van der Waals surface area contributed by atoms with E-state index in [0.29, 0.717) is 9.90 Å². The molecule has 0 radical (unpaired) electrons. The van der Waals surface area contributed by atoms with Gasteiger partial charge in [0.05, 0.1) is 8.81 Å². The normalized spacial score (nSPS) is 15.9. The third-order valence-corrected chi connectivity index (χ3v) is 7.41. The lowest BCUT2D eigenvalue weighted by Crippen LogP contribution is -2.50. The Morgan fingerprint density at radius 3 is 2.46 bits per heavy atom. The van der Waals surface area contributed by atoms with E-state index in [1.807, 2.05) is 26.8 Å². The molecule has 0 aliphatic heterocycles. The van der Waals surface area contributed by atoms with Gasteiger partial charge in [0.2, 0.25) is 0 Å². The van der Waals surface area contributed by atoms with Crippen LogP contribution < -0.4 is 4.72 Å². The highest BCUT2D eigenvalue weighted by Crippen LogP contribution is 2.41. The van der Waals surface area contributed by atoms with Crippen molar-refractivity contribution >= 4 is 56.0 Å². The van der Waals surface area contributed by atoms with Gasteiger partial charge in [-0.15, -0.1) is 16.1 Å². The topological polar surface area (TPSA) is 79.2 Å². The number of allylic oxidation sites excluding steroid dienone is 1. The summed E-state index contributed by atoms with van der Waals surface area (Å²) < 4.78 is 16.1. The van der Waals surface area contributed by atoms with Crippen LogP contribution in [0.15, 0.2) is 21.6 Å². The quantitative estimate of drug-likeness (QED) is 0.356. The first-order valence-electron chi connectivity index (χ1n) is 7.76. The van der Waals surface area contributed by atoms with Crippen molar-refractivity contribution in [2.24, 2.45) is 0 Å². The fraction of sp³-hybridized carbons (Fsp3) is 0.529. The van der Waals surface area contributed by atoms with Crippen molar-refractivity contribution in [3.63, 3.8) is 0 Å². The molecule has 0 aromatic carbocycles. The van der Waals surface area contributed by atoms with E-state index in [4.69, 9.17) is 11.6 Å². The largest absolute Gasteiger partial charge is 0.598 e. The zero-order valence-electron chi connectivity index (χ0n) is 15.6. The number of nitrogens with one attached hydrogen (secondary N) is 1. The number of hydrogen-bond donors (Lipinski definition) is 1. The van der Waals surface area contributed by atoms with E-state index in [0.717, 1.165) is 3.79 Å². The zero-order chi connectivity index (χ0) is 20.3. The summed E-state index contributed by atoms with van der Waals surface area (Å²) in [6.07, 6.45) is 1.43. The number of carbonyl (C=O) groups excluding carboxylic acids is 1. The number of halogens is 2. The van der Waals surface area contributed by atoms with Gasteiger partial charge in [-0.2, -0.15) is 5.26 Å². The van der Waals surface area contributed by atoms with E-state index in [2.05, 4.69) is 20.7 Å². The van der Waals surface area contributed by atoms with Crippen molar-refractivity contribution in [1.29, 1.82) is 5.26 Å². The summed E-state index contributed by atoms with van der Waals surface area (Å²) in [4.78, 5) is 15.1. The molecule has 9 heteroatoms. The van der Waals surface area contributed by atoms with Crippen LogP contribution in [-0.2, 0) is 21.7 Å². The summed E-state index contributed by atoms with van der Waals surface area (Å²) in [5.41, 5.74) is -0.943. The van der Waals surface area contributed by atoms with E-state index < -0.39 is 21.6 Å². The van der Waals surface area contributed by atoms with Gasteiger partial charge >= 0.3 is 0 Å². The predicted molar refractivity (Wildman–Crippen MR) is 112 cm³/mol. The van der Waals surface area contributed by atoms with Crippen LogP contribution in [-0.4, -0.2) is 34.1 Å². The maximum absolute atomic E-state index is 12.7. The average Bonchev–Trinajstić information content (AvgIpc) is 2.82. The van der Waals surface area contributed by atoms with Crippen LogP contribution in [0.2, 0.25) is 5.02 Å². The van der Waals surface area contributed by atoms with Gasteiger partial charge in [0.1, 0.15) is 21.9 Å². The second-order valence-corrected chi connectivity index (χ2v) is 12.1. The zero-order valence-corrected chi connectivity index (χ0v) is 19.6. The Morgan fingerprint density at radius 2 is 2.08 bits per heavy atom. The van der Waals surface area contributed by atoms with Crippen molar-refractivity contribution in [3.8, 4) is 6.07 Å². The monoisotopic (exact) mass is 479 g/mol. The minimum atomic E-state index is -1.43. The van der Waals surface area contributed by atoms with Gasteiger partial charge in [-0.1, -0.05) is 11.6 Å². The third-order valence-electron chi connectivity index (χ3n) is 3.35. The molecule has 0 fully saturated rings. The van der Waals surface area contributed by atoms with Crippen molar-refractivity contribution < 1.29 is 9.35 Å². The number of hydrogen-bond acceptors (Lipinski definition) is 6. The van der Waals surface area contributed by atoms with Crippen LogP contribution in [0.5, 0.6) is 0 Å². The molecule has 0 aliphatic rings. The van der Waals surface area contributed by atoms with Crippen LogP contribution in [0.3, 0.4) is 0 Å². The molecule has 0 bridgehead atoms. The summed E-state index contributed by atoms with van der Waals surface area (Å²) in [5, 5.41) is 9.78. The average molecular weight is 481 g/mol. The molecule has 1 heterocycles. The van der Waals surface area contributed by atoms with Crippen LogP contribution in [0.1, 0.15) is 39.0 Å². The lowest BCUT2D eigenvalue weighted by Gasteiger charge is -2.34. The van der Waals surface area contributed by atoms with E-state index in [1.165, 1.54) is 17.5 Å². The first-order chi connectivity index (χ1) is 11.8. The van der Waals surface area contributed by atoms with Gasteiger partial charge in [-0.25, -0.2) is 0 Å². The number of nitriles is 1. The number of nitrogens with zero attached hydrogens (tertiary/aromatic N) is 2. The lowest BCUT2D eigenvalue weighted by atomic mass is 9.92. The predicted octanol–water partition coefficient (Wildman–Crippen LogP) is 4.36. The molecule has 1 unspecified atom stereocenters. The highest BCUT2D eigenvalue weighted by atomic mass is 79.9. The summed E-state index contributed by atoms with van der Waals surface area (Å²) in [6, 6.07) is 3.68. The van der Waals surface area contributed by atoms with E-state index >= 15 is 0 Å². The summed E-state index contributed by atoms with van der Waals surface area (Å²) in [6.45, 7) is 7.31. The van der Waals surface area contributed by atoms with Gasteiger partial charge in [0.25, 0.3) is 0 Å². The Hall–Kier alpha value is -0.560. The first-order valence-corrected chi connectivity index (χ1v) is 10.9. The molecular formula is C17H23BrClN3O2S2. The number of thiophene rings is 1. The Kier molecular flexibility index (Phi) is 8.21. The maximum Gasteiger partial charge on any atom is 0.177 e. The molecule has 1 aromatic heterocycles. The third kappa shape index (κ3) is 6.25. The summed E-state index contributed by atoms with van der Waals surface area (Å²) in [5.74, 6) is -0.345. The molecule has 2 atom stereocenters. The number of Topliss-reactive ketones (excluding diaryl/α,β-unsaturated/α-hetero) is 1. The maximum atomic E-state index is 12.7. The van der Waals surface area contributed by atoms with Crippen molar-refractivity contribution in [3.05, 3.63) is 31.5 Å². The molecule has 1 aromatic rings. The van der Waals surface area contributed by atoms with Crippen molar-refractivity contribution in [1.82, 2.24) is 9.62 Å². The van der Waals surface area contributed by atoms with Crippen LogP contribution in [0, 0.1) is 11.3 Å². The number of rotatable bonds is 7. The molecule has 0 saturated heterocycles. The van der Waals surface area contributed by atoms with E-state index in [9.17, 15) is 14.6 Å². The molecular weight excluding hydrogens is 458 g/mol. The minimum absolute atomic E-state index is 0.0383. The van der Waals surface area contributed by atoms with Gasteiger partial charge in [0.15, 0.2) is 5.78 Å². The standard InChI is InChI=1S/C17H23BrClN3O2S2/c1-16(2,3)26(24)21-17(4,15-12(19)7-14(18)25-15)8-13(23)11(9-20)10-22(5)6/h7,10,21H,8H2,1-6H3/b11-10+/t17?,26-/m1/s1. The molecule has 0 spiro atoms. The fourth-order valence-corrected chi connectivity index (χ4v) is 5.25. The molecule has 26 heavy (non-hydrogen) atoms. The lowest BCUT2D eigenvalue weighted by molar-refractivity contribution is -0.116. The Labute approximate surface area is 175 Å². The first kappa shape index (κ1) is 23.5. The molecule has 0 amide bonds. The summed E-state index contributed by atoms with van der Waals surface area (Å²) >= 11 is 9.69. The molecule has 144 valence electrons. The highest BCUT2D eigenvalue weighted by molar-refractivity contribution is 9.11. The fourth-order valence-electron chi connectivity index (χ4n) is 2.08. The molecule has 0 aliphatic carbocycles.